The minimum absolute atomic E-state index is 0.0262. The van der Waals surface area contributed by atoms with Crippen LogP contribution in [-0.4, -0.2) is 47.6 Å². The summed E-state index contributed by atoms with van der Waals surface area (Å²) < 4.78 is 11.8. The maximum atomic E-state index is 11.5. The number of carbonyl (C=O) groups excluding carboxylic acids is 1. The molecule has 0 aliphatic carbocycles. The molecule has 3 aromatic carbocycles. The third-order valence-corrected chi connectivity index (χ3v) is 5.75. The largest absolute Gasteiger partial charge is 0.508 e. The zero-order valence-corrected chi connectivity index (χ0v) is 20.3. The molecule has 0 radical (unpaired) electrons. The zero-order chi connectivity index (χ0) is 24.0. The van der Waals surface area contributed by atoms with E-state index in [0.717, 1.165) is 34.2 Å². The van der Waals surface area contributed by atoms with Gasteiger partial charge in [0.25, 0.3) is 0 Å². The van der Waals surface area contributed by atoms with Crippen molar-refractivity contribution < 1.29 is 19.4 Å². The highest BCUT2D eigenvalue weighted by Crippen LogP contribution is 2.32. The number of nitrogens with zero attached hydrogens (tertiary/aromatic N) is 1. The van der Waals surface area contributed by atoms with Crippen molar-refractivity contribution in [3.8, 4) is 17.2 Å². The van der Waals surface area contributed by atoms with Crippen LogP contribution in [0.1, 0.15) is 45.7 Å². The van der Waals surface area contributed by atoms with Gasteiger partial charge >= 0.3 is 0 Å². The van der Waals surface area contributed by atoms with Gasteiger partial charge in [0.2, 0.25) is 0 Å². The van der Waals surface area contributed by atoms with Crippen LogP contribution >= 0.6 is 0 Å². The number of hydrogen-bond acceptors (Lipinski definition) is 5. The lowest BCUT2D eigenvalue weighted by Gasteiger charge is -2.30. The Morgan fingerprint density at radius 2 is 1.64 bits per heavy atom. The smallest absolute Gasteiger partial charge is 0.167 e. The third-order valence-electron chi connectivity index (χ3n) is 5.75. The van der Waals surface area contributed by atoms with E-state index in [1.165, 1.54) is 6.92 Å². The SMILES string of the molecule is CC(=O)COc1ccc2cc(O)ccc2c1Cc1ccc(OCCN(C(C)C)C(C)C)cc1. The second-order valence-corrected chi connectivity index (χ2v) is 9.03. The summed E-state index contributed by atoms with van der Waals surface area (Å²) in [6, 6.07) is 18.2. The predicted molar refractivity (Wildman–Crippen MR) is 134 cm³/mol. The van der Waals surface area contributed by atoms with Crippen LogP contribution in [-0.2, 0) is 11.2 Å². The van der Waals surface area contributed by atoms with Crippen LogP contribution < -0.4 is 9.47 Å². The maximum absolute atomic E-state index is 11.5. The summed E-state index contributed by atoms with van der Waals surface area (Å²) in [6.45, 7) is 11.9. The molecule has 0 amide bonds. The number of fused-ring (bicyclic) bond motifs is 1. The molecule has 1 N–H and O–H groups in total. The van der Waals surface area contributed by atoms with Crippen molar-refractivity contribution in [1.82, 2.24) is 4.90 Å². The minimum atomic E-state index is -0.0262. The van der Waals surface area contributed by atoms with Gasteiger partial charge in [0.05, 0.1) is 0 Å². The summed E-state index contributed by atoms with van der Waals surface area (Å²) in [5.74, 6) is 1.73. The highest BCUT2D eigenvalue weighted by molar-refractivity contribution is 5.89. The Morgan fingerprint density at radius 3 is 2.27 bits per heavy atom. The van der Waals surface area contributed by atoms with Crippen molar-refractivity contribution in [2.24, 2.45) is 0 Å². The van der Waals surface area contributed by atoms with Crippen LogP contribution in [0.4, 0.5) is 0 Å². The van der Waals surface area contributed by atoms with Crippen molar-refractivity contribution in [2.45, 2.75) is 53.1 Å². The van der Waals surface area contributed by atoms with Gasteiger partial charge in [-0.2, -0.15) is 0 Å². The van der Waals surface area contributed by atoms with Crippen LogP contribution in [0.15, 0.2) is 54.6 Å². The third kappa shape index (κ3) is 6.72. The topological polar surface area (TPSA) is 59.0 Å². The van der Waals surface area contributed by atoms with Gasteiger partial charge in [0.1, 0.15) is 30.5 Å². The maximum Gasteiger partial charge on any atom is 0.167 e. The minimum Gasteiger partial charge on any atom is -0.508 e. The van der Waals surface area contributed by atoms with Gasteiger partial charge in [-0.15, -0.1) is 0 Å². The number of phenolic OH excluding ortho intramolecular Hbond substituents is 1. The molecule has 0 unspecified atom stereocenters. The number of phenols is 1. The summed E-state index contributed by atoms with van der Waals surface area (Å²) in [6.07, 6.45) is 0.643. The van der Waals surface area contributed by atoms with E-state index in [4.69, 9.17) is 9.47 Å². The molecule has 0 bridgehead atoms. The van der Waals surface area contributed by atoms with Crippen molar-refractivity contribution in [3.05, 3.63) is 65.7 Å². The van der Waals surface area contributed by atoms with Crippen LogP contribution in [0, 0.1) is 0 Å². The van der Waals surface area contributed by atoms with Crippen molar-refractivity contribution in [2.75, 3.05) is 19.8 Å². The lowest BCUT2D eigenvalue weighted by Crippen LogP contribution is -2.39. The van der Waals surface area contributed by atoms with E-state index in [1.54, 1.807) is 12.1 Å². The summed E-state index contributed by atoms with van der Waals surface area (Å²) in [7, 11) is 0. The molecule has 0 spiro atoms. The Bertz CT molecular complexity index is 1070. The van der Waals surface area contributed by atoms with E-state index in [1.807, 2.05) is 30.3 Å². The molecule has 0 aromatic heterocycles. The van der Waals surface area contributed by atoms with Crippen molar-refractivity contribution in [1.29, 1.82) is 0 Å². The highest BCUT2D eigenvalue weighted by atomic mass is 16.5. The zero-order valence-electron chi connectivity index (χ0n) is 20.3. The Kier molecular flexibility index (Phi) is 8.34. The molecule has 0 saturated heterocycles. The first-order chi connectivity index (χ1) is 15.7. The Labute approximate surface area is 196 Å². The lowest BCUT2D eigenvalue weighted by molar-refractivity contribution is -0.118. The average molecular weight is 450 g/mol. The van der Waals surface area contributed by atoms with E-state index in [2.05, 4.69) is 44.7 Å². The number of rotatable bonds is 11. The number of aromatic hydroxyl groups is 1. The molecule has 3 aromatic rings. The first-order valence-electron chi connectivity index (χ1n) is 11.6. The molecule has 0 atom stereocenters. The highest BCUT2D eigenvalue weighted by Gasteiger charge is 2.14. The molecule has 3 rings (SSSR count). The molecular weight excluding hydrogens is 414 g/mol. The summed E-state index contributed by atoms with van der Waals surface area (Å²) in [5.41, 5.74) is 2.11. The van der Waals surface area contributed by atoms with Gasteiger partial charge in [-0.1, -0.05) is 24.3 Å². The fraction of sp³-hybridized carbons (Fsp3) is 0.393. The predicted octanol–water partition coefficient (Wildman–Crippen LogP) is 5.60. The van der Waals surface area contributed by atoms with E-state index < -0.39 is 0 Å². The van der Waals surface area contributed by atoms with E-state index >= 15 is 0 Å². The van der Waals surface area contributed by atoms with Gasteiger partial charge in [0.15, 0.2) is 5.78 Å². The van der Waals surface area contributed by atoms with Crippen molar-refractivity contribution in [3.63, 3.8) is 0 Å². The van der Waals surface area contributed by atoms with Gasteiger partial charge in [-0.3, -0.25) is 9.69 Å². The van der Waals surface area contributed by atoms with Crippen LogP contribution in [0.25, 0.3) is 10.8 Å². The molecule has 0 heterocycles. The van der Waals surface area contributed by atoms with Crippen molar-refractivity contribution >= 4 is 16.6 Å². The molecule has 0 aliphatic rings. The Balaban J connectivity index is 1.75. The van der Waals surface area contributed by atoms with Gasteiger partial charge in [-0.25, -0.2) is 0 Å². The molecular formula is C28H35NO4. The second kappa shape index (κ2) is 11.2. The first kappa shape index (κ1) is 24.6. The summed E-state index contributed by atoms with van der Waals surface area (Å²) in [4.78, 5) is 13.9. The Hall–Kier alpha value is -3.05. The number of benzene rings is 3. The number of ether oxygens (including phenoxy) is 2. The quantitative estimate of drug-likeness (QED) is 0.413. The molecule has 0 fully saturated rings. The number of Topliss-reactive ketones (excluding diaryl/α,β-unsaturated/α-hetero) is 1. The molecule has 5 heteroatoms. The van der Waals surface area contributed by atoms with E-state index in [-0.39, 0.29) is 18.1 Å². The monoisotopic (exact) mass is 449 g/mol. The number of ketones is 1. The van der Waals surface area contributed by atoms with Crippen LogP contribution in [0.2, 0.25) is 0 Å². The molecule has 176 valence electrons. The molecule has 33 heavy (non-hydrogen) atoms. The van der Waals surface area contributed by atoms with Gasteiger partial charge in [-0.05, 0) is 81.3 Å². The molecule has 5 nitrogen and oxygen atoms in total. The lowest BCUT2D eigenvalue weighted by atomic mass is 9.97. The standard InChI is InChI=1S/C28H35NO4/c1-19(2)29(20(3)4)14-15-32-25-10-6-22(7-11-25)16-27-26-12-9-24(31)17-23(26)8-13-28(27)33-18-21(5)30/h6-13,17,19-20,31H,14-16,18H2,1-5H3. The molecule has 0 aliphatic heterocycles. The first-order valence-corrected chi connectivity index (χ1v) is 11.6. The van der Waals surface area contributed by atoms with E-state index in [9.17, 15) is 9.90 Å². The fourth-order valence-corrected chi connectivity index (χ4v) is 4.15. The summed E-state index contributed by atoms with van der Waals surface area (Å²) >= 11 is 0. The summed E-state index contributed by atoms with van der Waals surface area (Å²) in [5, 5.41) is 11.8. The Morgan fingerprint density at radius 1 is 0.939 bits per heavy atom. The van der Waals surface area contributed by atoms with Crippen LogP contribution in [0.5, 0.6) is 17.2 Å². The number of hydrogen-bond donors (Lipinski definition) is 1. The van der Waals surface area contributed by atoms with Crippen LogP contribution in [0.3, 0.4) is 0 Å². The number of carbonyl (C=O) groups is 1. The normalized spacial score (nSPS) is 11.5. The van der Waals surface area contributed by atoms with Gasteiger partial charge in [0, 0.05) is 30.6 Å². The van der Waals surface area contributed by atoms with Gasteiger partial charge < -0.3 is 14.6 Å². The van der Waals surface area contributed by atoms with E-state index in [0.29, 0.717) is 30.9 Å². The molecule has 0 saturated carbocycles. The fourth-order valence-electron chi connectivity index (χ4n) is 4.15. The second-order valence-electron chi connectivity index (χ2n) is 9.03. The average Bonchev–Trinajstić information content (AvgIpc) is 2.76.